The number of nitrogens with zero attached hydrogens (tertiary/aromatic N) is 4. The first-order chi connectivity index (χ1) is 10.5. The van der Waals surface area contributed by atoms with Gasteiger partial charge >= 0.3 is 36.3 Å². The Bertz CT molecular complexity index is 793. The molecule has 0 amide bonds. The van der Waals surface area contributed by atoms with Gasteiger partial charge in [-0.2, -0.15) is 0 Å². The molecular weight excluding hydrogens is 368 g/mol. The second-order valence-corrected chi connectivity index (χ2v) is 7.76. The Morgan fingerprint density at radius 2 is 2.12 bits per heavy atom. The zero-order valence-electron chi connectivity index (χ0n) is 12.0. The summed E-state index contributed by atoms with van der Waals surface area (Å²) in [5.74, 6) is 0.235. The molecule has 0 radical (unpaired) electrons. The normalized spacial score (nSPS) is 35.1. The van der Waals surface area contributed by atoms with E-state index < -0.39 is 31.3 Å². The Morgan fingerprint density at radius 3 is 2.88 bits per heavy atom. The van der Waals surface area contributed by atoms with Crippen molar-refractivity contribution in [2.75, 3.05) is 12.3 Å². The molecule has 4 heterocycles. The SMILES string of the molecule is C.Nc1ncnc2c1ncn2[C@@H]1O[C@@H]2COP(O)(=S)O[C@H]2[C@H]1O.[Na+]. The van der Waals surface area contributed by atoms with Crippen molar-refractivity contribution in [3.63, 3.8) is 0 Å². The van der Waals surface area contributed by atoms with Crippen LogP contribution < -0.4 is 35.3 Å². The minimum absolute atomic E-state index is 0. The molecule has 0 bridgehead atoms. The fraction of sp³-hybridized carbons (Fsp3) is 0.545. The summed E-state index contributed by atoms with van der Waals surface area (Å²) < 4.78 is 17.6. The van der Waals surface area contributed by atoms with Crippen LogP contribution in [-0.2, 0) is 25.6 Å². The molecular formula is C11H16N5NaO5PS+. The van der Waals surface area contributed by atoms with E-state index in [4.69, 9.17) is 31.3 Å². The van der Waals surface area contributed by atoms with Gasteiger partial charge in [0, 0.05) is 0 Å². The predicted molar refractivity (Wildman–Crippen MR) is 83.7 cm³/mol. The van der Waals surface area contributed by atoms with Gasteiger partial charge in [0.1, 0.15) is 30.2 Å². The van der Waals surface area contributed by atoms with Crippen LogP contribution in [0.15, 0.2) is 12.7 Å². The Hall–Kier alpha value is -0.200. The van der Waals surface area contributed by atoms with E-state index in [0.29, 0.717) is 11.2 Å². The van der Waals surface area contributed by atoms with Crippen LogP contribution in [0.5, 0.6) is 0 Å². The summed E-state index contributed by atoms with van der Waals surface area (Å²) >= 11 is 4.80. The minimum atomic E-state index is -3.33. The number of hydrogen-bond acceptors (Lipinski definition) is 9. The molecule has 0 aliphatic carbocycles. The molecule has 4 rings (SSSR count). The first kappa shape index (κ1) is 20.1. The number of aromatic nitrogens is 4. The second kappa shape index (κ2) is 7.20. The maximum atomic E-state index is 10.4. The van der Waals surface area contributed by atoms with E-state index in [0.717, 1.165) is 0 Å². The molecule has 24 heavy (non-hydrogen) atoms. The van der Waals surface area contributed by atoms with Crippen molar-refractivity contribution < 1.29 is 53.3 Å². The van der Waals surface area contributed by atoms with Crippen molar-refractivity contribution in [1.29, 1.82) is 0 Å². The molecule has 2 aromatic rings. The molecule has 2 aliphatic heterocycles. The van der Waals surface area contributed by atoms with Gasteiger partial charge < -0.3 is 25.0 Å². The number of ether oxygens (including phenoxy) is 1. The van der Waals surface area contributed by atoms with E-state index in [1.165, 1.54) is 12.7 Å². The third kappa shape index (κ3) is 3.26. The minimum Gasteiger partial charge on any atom is -0.386 e. The van der Waals surface area contributed by atoms with Crippen molar-refractivity contribution in [2.45, 2.75) is 32.0 Å². The van der Waals surface area contributed by atoms with Crippen molar-refractivity contribution in [2.24, 2.45) is 0 Å². The maximum Gasteiger partial charge on any atom is 1.00 e. The molecule has 2 saturated heterocycles. The van der Waals surface area contributed by atoms with E-state index in [-0.39, 0.29) is 49.4 Å². The fourth-order valence-corrected chi connectivity index (χ4v) is 4.07. The summed E-state index contributed by atoms with van der Waals surface area (Å²) in [4.78, 5) is 21.8. The third-order valence-corrected chi connectivity index (χ3v) is 5.19. The van der Waals surface area contributed by atoms with Crippen LogP contribution in [0.3, 0.4) is 0 Å². The smallest absolute Gasteiger partial charge is 0.386 e. The number of aliphatic hydroxyl groups is 1. The van der Waals surface area contributed by atoms with Crippen LogP contribution >= 0.6 is 6.72 Å². The van der Waals surface area contributed by atoms with E-state index >= 15 is 0 Å². The Balaban J connectivity index is 0.00000104. The molecule has 5 atom stereocenters. The van der Waals surface area contributed by atoms with Crippen molar-refractivity contribution >= 4 is 35.5 Å². The average Bonchev–Trinajstić information content (AvgIpc) is 3.01. The first-order valence-electron chi connectivity index (χ1n) is 6.38. The van der Waals surface area contributed by atoms with Crippen molar-refractivity contribution in [3.8, 4) is 0 Å². The molecule has 2 fully saturated rings. The van der Waals surface area contributed by atoms with Crippen LogP contribution in [0.4, 0.5) is 5.82 Å². The zero-order valence-corrected chi connectivity index (χ0v) is 15.7. The van der Waals surface area contributed by atoms with Crippen LogP contribution in [0.2, 0.25) is 0 Å². The van der Waals surface area contributed by atoms with E-state index in [1.807, 2.05) is 0 Å². The van der Waals surface area contributed by atoms with Crippen molar-refractivity contribution in [3.05, 3.63) is 12.7 Å². The average molecular weight is 384 g/mol. The number of rotatable bonds is 1. The third-order valence-electron chi connectivity index (χ3n) is 3.63. The van der Waals surface area contributed by atoms with Gasteiger partial charge in [-0.05, 0) is 11.8 Å². The zero-order chi connectivity index (χ0) is 15.5. The summed E-state index contributed by atoms with van der Waals surface area (Å²) in [5.41, 5.74) is 6.58. The molecule has 0 spiro atoms. The van der Waals surface area contributed by atoms with E-state index in [1.54, 1.807) is 4.57 Å². The number of anilines is 1. The van der Waals surface area contributed by atoms with E-state index in [9.17, 15) is 10.00 Å². The van der Waals surface area contributed by atoms with Gasteiger partial charge in [-0.1, -0.05) is 7.43 Å². The maximum absolute atomic E-state index is 10.4. The quantitative estimate of drug-likeness (QED) is 0.343. The van der Waals surface area contributed by atoms with Gasteiger partial charge in [0.05, 0.1) is 12.9 Å². The van der Waals surface area contributed by atoms with Gasteiger partial charge in [-0.3, -0.25) is 9.09 Å². The van der Waals surface area contributed by atoms with Crippen LogP contribution in [0.1, 0.15) is 13.7 Å². The number of imidazole rings is 1. The van der Waals surface area contributed by atoms with Crippen molar-refractivity contribution in [1.82, 2.24) is 19.5 Å². The van der Waals surface area contributed by atoms with Gasteiger partial charge in [-0.15, -0.1) is 0 Å². The molecule has 0 saturated carbocycles. The molecule has 10 nitrogen and oxygen atoms in total. The monoisotopic (exact) mass is 384 g/mol. The van der Waals surface area contributed by atoms with Gasteiger partial charge in [0.15, 0.2) is 17.7 Å². The molecule has 0 aromatic carbocycles. The summed E-state index contributed by atoms with van der Waals surface area (Å²) in [5, 5.41) is 10.4. The summed E-state index contributed by atoms with van der Waals surface area (Å²) in [6.07, 6.45) is -0.414. The van der Waals surface area contributed by atoms with Gasteiger partial charge in [-0.25, -0.2) is 15.0 Å². The van der Waals surface area contributed by atoms with Crippen LogP contribution in [-0.4, -0.2) is 54.4 Å². The molecule has 4 N–H and O–H groups in total. The summed E-state index contributed by atoms with van der Waals surface area (Å²) in [7, 11) is 0. The van der Waals surface area contributed by atoms with Crippen LogP contribution in [0.25, 0.3) is 11.2 Å². The first-order valence-corrected chi connectivity index (χ1v) is 8.97. The standard InChI is InChI=1S/C10H12N5O5PS.CH4.Na/c11-8-5-9(13-2-12-8)15(3-14-5)10-6(16)7-4(19-10)1-18-21(17,22)20-7;;/h2-4,6-7,10,16H,1H2,(H,17,22)(H2,11,12,13);1H4;/q;;+1/t4-,6-,7-,10-,21?;;/m1../s1. The number of nitrogens with two attached hydrogens (primary N) is 1. The topological polar surface area (TPSA) is 138 Å². The number of nitrogen functional groups attached to an aromatic ring is 1. The Labute approximate surface area is 164 Å². The predicted octanol–water partition coefficient (Wildman–Crippen LogP) is -3.06. The molecule has 2 aliphatic rings. The Morgan fingerprint density at radius 1 is 1.38 bits per heavy atom. The molecule has 1 unspecified atom stereocenters. The number of aliphatic hydroxyl groups excluding tert-OH is 1. The van der Waals surface area contributed by atoms with Crippen LogP contribution in [0, 0.1) is 0 Å². The fourth-order valence-electron chi connectivity index (χ4n) is 2.62. The Kier molecular flexibility index (Phi) is 6.03. The molecule has 126 valence electrons. The summed E-state index contributed by atoms with van der Waals surface area (Å²) in [6, 6.07) is 0. The number of hydrogen-bond donors (Lipinski definition) is 3. The molecule has 2 aromatic heterocycles. The number of fused-ring (bicyclic) bond motifs is 2. The van der Waals surface area contributed by atoms with E-state index in [2.05, 4.69) is 15.0 Å². The molecule has 13 heteroatoms. The van der Waals surface area contributed by atoms with Gasteiger partial charge in [0.2, 0.25) is 0 Å². The largest absolute Gasteiger partial charge is 1.00 e. The second-order valence-electron chi connectivity index (χ2n) is 4.97. The van der Waals surface area contributed by atoms with Gasteiger partial charge in [0.25, 0.3) is 0 Å². The summed E-state index contributed by atoms with van der Waals surface area (Å²) in [6.45, 7) is -3.28.